The van der Waals surface area contributed by atoms with Gasteiger partial charge in [0, 0.05) is 10.8 Å². The third-order valence-electron chi connectivity index (χ3n) is 3.76. The molecule has 0 aromatic rings. The Morgan fingerprint density at radius 2 is 2.12 bits per heavy atom. The number of sulfone groups is 1. The van der Waals surface area contributed by atoms with Crippen LogP contribution >= 0.6 is 0 Å². The molecule has 0 heterocycles. The van der Waals surface area contributed by atoms with Crippen LogP contribution in [0.2, 0.25) is 0 Å². The van der Waals surface area contributed by atoms with Crippen LogP contribution in [0.25, 0.3) is 0 Å². The number of Topliss-reactive ketones (excluding diaryl/α,β-unsaturated/α-hetero) is 1. The quantitative estimate of drug-likeness (QED) is 0.745. The average Bonchev–Trinajstić information content (AvgIpc) is 2.22. The summed E-state index contributed by atoms with van der Waals surface area (Å²) in [5.74, 6) is 0.0977. The first-order valence-corrected chi connectivity index (χ1v) is 7.33. The second-order valence-corrected chi connectivity index (χ2v) is 6.95. The van der Waals surface area contributed by atoms with E-state index in [1.54, 1.807) is 0 Å². The Hall–Kier alpha value is -0.640. The third kappa shape index (κ3) is 1.83. The Kier molecular flexibility index (Phi) is 3.62. The van der Waals surface area contributed by atoms with E-state index in [1.807, 2.05) is 20.8 Å². The zero-order valence-electron chi connectivity index (χ0n) is 10.2. The molecule has 1 aliphatic rings. The van der Waals surface area contributed by atoms with Gasteiger partial charge in [0.05, 0.1) is 0 Å². The number of rotatable bonds is 5. The maximum atomic E-state index is 12.1. The van der Waals surface area contributed by atoms with Gasteiger partial charge in [0.25, 0.3) is 0 Å². The summed E-state index contributed by atoms with van der Waals surface area (Å²) in [6.45, 7) is 9.27. The number of ketones is 1. The van der Waals surface area contributed by atoms with Gasteiger partial charge in [0.1, 0.15) is 5.25 Å². The van der Waals surface area contributed by atoms with Gasteiger partial charge in [-0.3, -0.25) is 4.79 Å². The topological polar surface area (TPSA) is 51.2 Å². The molecule has 0 saturated heterocycles. The van der Waals surface area contributed by atoms with Gasteiger partial charge >= 0.3 is 0 Å². The van der Waals surface area contributed by atoms with Crippen LogP contribution < -0.4 is 0 Å². The van der Waals surface area contributed by atoms with Gasteiger partial charge < -0.3 is 0 Å². The molecule has 0 N–H and O–H groups in total. The van der Waals surface area contributed by atoms with Crippen molar-refractivity contribution in [2.45, 2.75) is 45.3 Å². The molecule has 0 aromatic carbocycles. The maximum absolute atomic E-state index is 12.1. The van der Waals surface area contributed by atoms with E-state index >= 15 is 0 Å². The zero-order chi connectivity index (χ0) is 12.6. The first-order valence-electron chi connectivity index (χ1n) is 5.72. The molecule has 1 fully saturated rings. The molecule has 0 amide bonds. The molecule has 2 atom stereocenters. The lowest BCUT2D eigenvalue weighted by Crippen LogP contribution is -2.58. The highest BCUT2D eigenvalue weighted by atomic mass is 32.2. The number of carbonyl (C=O) groups excluding carboxylic acids is 1. The van der Waals surface area contributed by atoms with Crippen molar-refractivity contribution in [3.8, 4) is 0 Å². The monoisotopic (exact) mass is 244 g/mol. The molecule has 0 spiro atoms. The van der Waals surface area contributed by atoms with E-state index in [9.17, 15) is 13.2 Å². The Bertz CT molecular complexity index is 394. The minimum Gasteiger partial charge on any atom is -0.298 e. The van der Waals surface area contributed by atoms with E-state index in [-0.39, 0.29) is 11.7 Å². The molecule has 0 aromatic heterocycles. The van der Waals surface area contributed by atoms with E-state index in [1.165, 1.54) is 0 Å². The van der Waals surface area contributed by atoms with Crippen LogP contribution in [-0.4, -0.2) is 19.5 Å². The van der Waals surface area contributed by atoms with Crippen LogP contribution in [0, 0.1) is 11.3 Å². The van der Waals surface area contributed by atoms with Crippen LogP contribution in [-0.2, 0) is 14.6 Å². The number of hydrogen-bond donors (Lipinski definition) is 0. The Morgan fingerprint density at radius 3 is 2.44 bits per heavy atom. The largest absolute Gasteiger partial charge is 0.298 e. The molecule has 4 heteroatoms. The van der Waals surface area contributed by atoms with Gasteiger partial charge in [-0.05, 0) is 18.8 Å². The van der Waals surface area contributed by atoms with E-state index in [2.05, 4.69) is 6.58 Å². The van der Waals surface area contributed by atoms with Crippen molar-refractivity contribution in [2.75, 3.05) is 0 Å². The zero-order valence-corrected chi connectivity index (χ0v) is 11.0. The Labute approximate surface area is 97.8 Å². The van der Waals surface area contributed by atoms with E-state index in [4.69, 9.17) is 0 Å². The predicted octanol–water partition coefficient (Wildman–Crippen LogP) is 2.33. The fourth-order valence-electron chi connectivity index (χ4n) is 2.58. The summed E-state index contributed by atoms with van der Waals surface area (Å²) in [4.78, 5) is 12.1. The molecule has 2 unspecified atom stereocenters. The van der Waals surface area contributed by atoms with Crippen molar-refractivity contribution in [1.29, 1.82) is 0 Å². The minimum atomic E-state index is -3.42. The van der Waals surface area contributed by atoms with Crippen molar-refractivity contribution in [2.24, 2.45) is 11.3 Å². The van der Waals surface area contributed by atoms with E-state index in [0.717, 1.165) is 18.2 Å². The number of carbonyl (C=O) groups is 1. The lowest BCUT2D eigenvalue weighted by molar-refractivity contribution is -0.141. The van der Waals surface area contributed by atoms with Gasteiger partial charge in [-0.1, -0.05) is 33.8 Å². The van der Waals surface area contributed by atoms with Crippen molar-refractivity contribution in [1.82, 2.24) is 0 Å². The van der Waals surface area contributed by atoms with Crippen LogP contribution in [0.4, 0.5) is 0 Å². The van der Waals surface area contributed by atoms with Crippen molar-refractivity contribution in [3.63, 3.8) is 0 Å². The third-order valence-corrected chi connectivity index (χ3v) is 5.40. The molecule has 92 valence electrons. The van der Waals surface area contributed by atoms with E-state index in [0.29, 0.717) is 6.42 Å². The van der Waals surface area contributed by atoms with E-state index < -0.39 is 20.5 Å². The first-order chi connectivity index (χ1) is 7.31. The first kappa shape index (κ1) is 13.4. The van der Waals surface area contributed by atoms with Gasteiger partial charge in [-0.25, -0.2) is 8.42 Å². The second kappa shape index (κ2) is 4.32. The molecular formula is C12H20O3S. The summed E-state index contributed by atoms with van der Waals surface area (Å²) in [5, 5.41) is 0.0742. The minimum absolute atomic E-state index is 0.107. The lowest BCUT2D eigenvalue weighted by atomic mass is 9.58. The standard InChI is InChI=1S/C12H20O3S/c1-5-7-12(9(3)4)8-10(11(12)13)16(14,15)6-2/h6,9-10H,2,5,7-8H2,1,3-4H3. The maximum Gasteiger partial charge on any atom is 0.181 e. The summed E-state index contributed by atoms with van der Waals surface area (Å²) in [6, 6.07) is 0. The molecule has 3 nitrogen and oxygen atoms in total. The molecular weight excluding hydrogens is 224 g/mol. The highest BCUT2D eigenvalue weighted by molar-refractivity contribution is 7.95. The predicted molar refractivity (Wildman–Crippen MR) is 64.7 cm³/mol. The summed E-state index contributed by atoms with van der Waals surface area (Å²) < 4.78 is 23.1. The number of hydrogen-bond acceptors (Lipinski definition) is 3. The highest BCUT2D eigenvalue weighted by Crippen LogP contribution is 2.50. The summed E-state index contributed by atoms with van der Waals surface area (Å²) in [7, 11) is -3.42. The molecule has 0 aliphatic heterocycles. The Balaban J connectivity index is 2.94. The van der Waals surface area contributed by atoms with Gasteiger partial charge in [-0.2, -0.15) is 0 Å². The molecule has 1 rings (SSSR count). The fourth-order valence-corrected chi connectivity index (χ4v) is 3.87. The summed E-state index contributed by atoms with van der Waals surface area (Å²) >= 11 is 0. The van der Waals surface area contributed by atoms with Crippen LogP contribution in [0.1, 0.15) is 40.0 Å². The van der Waals surface area contributed by atoms with Crippen LogP contribution in [0.5, 0.6) is 0 Å². The normalized spacial score (nSPS) is 30.2. The molecule has 0 radical (unpaired) electrons. The molecule has 0 bridgehead atoms. The van der Waals surface area contributed by atoms with Crippen molar-refractivity contribution < 1.29 is 13.2 Å². The second-order valence-electron chi connectivity index (χ2n) is 4.87. The molecule has 1 aliphatic carbocycles. The smallest absolute Gasteiger partial charge is 0.181 e. The van der Waals surface area contributed by atoms with Gasteiger partial charge in [0.2, 0.25) is 0 Å². The highest BCUT2D eigenvalue weighted by Gasteiger charge is 2.58. The van der Waals surface area contributed by atoms with Crippen molar-refractivity contribution in [3.05, 3.63) is 12.0 Å². The lowest BCUT2D eigenvalue weighted by Gasteiger charge is -2.48. The average molecular weight is 244 g/mol. The SMILES string of the molecule is C=CS(=O)(=O)C1CC(CCC)(C(C)C)C1=O. The molecule has 16 heavy (non-hydrogen) atoms. The van der Waals surface area contributed by atoms with Crippen molar-refractivity contribution >= 4 is 15.6 Å². The van der Waals surface area contributed by atoms with Gasteiger partial charge in [0.15, 0.2) is 15.6 Å². The molecule has 1 saturated carbocycles. The van der Waals surface area contributed by atoms with Crippen LogP contribution in [0.15, 0.2) is 12.0 Å². The Morgan fingerprint density at radius 1 is 1.56 bits per heavy atom. The fraction of sp³-hybridized carbons (Fsp3) is 0.750. The van der Waals surface area contributed by atoms with Crippen LogP contribution in [0.3, 0.4) is 0 Å². The summed E-state index contributed by atoms with van der Waals surface area (Å²) in [5.41, 5.74) is -0.407. The van der Waals surface area contributed by atoms with Gasteiger partial charge in [-0.15, -0.1) is 0 Å². The summed E-state index contributed by atoms with van der Waals surface area (Å²) in [6.07, 6.45) is 2.16.